The molecule has 1 rings (SSSR count). The molecule has 0 aliphatic carbocycles. The summed E-state index contributed by atoms with van der Waals surface area (Å²) in [5.41, 5.74) is 0. The predicted molar refractivity (Wildman–Crippen MR) is 68.8 cm³/mol. The molecular formula is C14H25NO2. The Hall–Kier alpha value is -0.860. The van der Waals surface area contributed by atoms with Crippen LogP contribution in [0.15, 0.2) is 0 Å². The van der Waals surface area contributed by atoms with Crippen molar-refractivity contribution in [3.05, 3.63) is 0 Å². The minimum absolute atomic E-state index is 0.104. The molecule has 1 aliphatic rings. The summed E-state index contributed by atoms with van der Waals surface area (Å²) in [6, 6.07) is 0. The standard InChI is InChI=1S/C14H25NO2/c16-13-9-7-5-3-1-2-4-6-8-10-14(17)15-12-11-13/h1-12H2,(H,15,17). The highest BCUT2D eigenvalue weighted by Crippen LogP contribution is 2.11. The first-order chi connectivity index (χ1) is 8.29. The maximum Gasteiger partial charge on any atom is 0.220 e. The molecule has 0 aromatic rings. The number of hydrogen-bond acceptors (Lipinski definition) is 2. The molecule has 0 aromatic carbocycles. The Labute approximate surface area is 104 Å². The van der Waals surface area contributed by atoms with Gasteiger partial charge in [0.15, 0.2) is 0 Å². The molecule has 1 amide bonds. The van der Waals surface area contributed by atoms with Gasteiger partial charge in [-0.3, -0.25) is 9.59 Å². The predicted octanol–water partition coefficient (Wildman–Crippen LogP) is 2.98. The zero-order valence-electron chi connectivity index (χ0n) is 10.8. The van der Waals surface area contributed by atoms with E-state index in [4.69, 9.17) is 0 Å². The van der Waals surface area contributed by atoms with Crippen LogP contribution in [0.5, 0.6) is 0 Å². The summed E-state index contributed by atoms with van der Waals surface area (Å²) in [6.07, 6.45) is 11.2. The molecule has 17 heavy (non-hydrogen) atoms. The van der Waals surface area contributed by atoms with E-state index in [-0.39, 0.29) is 5.91 Å². The summed E-state index contributed by atoms with van der Waals surface area (Å²) in [4.78, 5) is 22.9. The third-order valence-corrected chi connectivity index (χ3v) is 3.34. The van der Waals surface area contributed by atoms with Gasteiger partial charge in [-0.15, -0.1) is 0 Å². The molecule has 0 atom stereocenters. The van der Waals surface area contributed by atoms with Crippen molar-refractivity contribution in [2.24, 2.45) is 0 Å². The second-order valence-corrected chi connectivity index (χ2v) is 4.97. The van der Waals surface area contributed by atoms with E-state index in [1.165, 1.54) is 32.1 Å². The monoisotopic (exact) mass is 239 g/mol. The van der Waals surface area contributed by atoms with Crippen LogP contribution in [0.2, 0.25) is 0 Å². The molecule has 1 fully saturated rings. The van der Waals surface area contributed by atoms with Crippen LogP contribution >= 0.6 is 0 Å². The Bertz CT molecular complexity index is 214. The summed E-state index contributed by atoms with van der Waals surface area (Å²) in [5.74, 6) is 0.396. The van der Waals surface area contributed by atoms with Crippen molar-refractivity contribution in [1.82, 2.24) is 5.32 Å². The highest BCUT2D eigenvalue weighted by molar-refractivity contribution is 5.80. The SMILES string of the molecule is O=C1CCCCCCCCCCC(=O)NCC1. The Kier molecular flexibility index (Phi) is 7.69. The fourth-order valence-corrected chi connectivity index (χ4v) is 2.22. The number of carbonyl (C=O) groups excluding carboxylic acids is 2. The van der Waals surface area contributed by atoms with Crippen LogP contribution in [-0.2, 0) is 9.59 Å². The zero-order chi connectivity index (χ0) is 12.3. The molecule has 3 nitrogen and oxygen atoms in total. The van der Waals surface area contributed by atoms with Gasteiger partial charge in [0, 0.05) is 25.8 Å². The lowest BCUT2D eigenvalue weighted by molar-refractivity contribution is -0.121. The Morgan fingerprint density at radius 1 is 0.647 bits per heavy atom. The normalized spacial score (nSPS) is 22.4. The van der Waals surface area contributed by atoms with E-state index in [1.807, 2.05) is 0 Å². The summed E-state index contributed by atoms with van der Waals surface area (Å²) in [5, 5.41) is 2.82. The first kappa shape index (κ1) is 14.2. The summed E-state index contributed by atoms with van der Waals surface area (Å²) in [7, 11) is 0. The molecule has 0 spiro atoms. The van der Waals surface area contributed by atoms with Gasteiger partial charge in [-0.05, 0) is 12.8 Å². The molecule has 98 valence electrons. The molecule has 0 saturated carbocycles. The van der Waals surface area contributed by atoms with Gasteiger partial charge < -0.3 is 5.32 Å². The molecular weight excluding hydrogens is 214 g/mol. The van der Waals surface area contributed by atoms with E-state index in [9.17, 15) is 9.59 Å². The molecule has 0 aromatic heterocycles. The topological polar surface area (TPSA) is 46.2 Å². The third-order valence-electron chi connectivity index (χ3n) is 3.34. The van der Waals surface area contributed by atoms with E-state index < -0.39 is 0 Å². The van der Waals surface area contributed by atoms with Crippen LogP contribution in [0.25, 0.3) is 0 Å². The van der Waals surface area contributed by atoms with E-state index in [0.29, 0.717) is 31.6 Å². The quantitative estimate of drug-likeness (QED) is 0.706. The van der Waals surface area contributed by atoms with Crippen molar-refractivity contribution in [2.45, 2.75) is 70.6 Å². The largest absolute Gasteiger partial charge is 0.356 e. The molecule has 0 radical (unpaired) electrons. The van der Waals surface area contributed by atoms with Gasteiger partial charge >= 0.3 is 0 Å². The smallest absolute Gasteiger partial charge is 0.220 e. The lowest BCUT2D eigenvalue weighted by Crippen LogP contribution is -2.25. The minimum atomic E-state index is 0.104. The molecule has 0 unspecified atom stereocenters. The fourth-order valence-electron chi connectivity index (χ4n) is 2.22. The van der Waals surface area contributed by atoms with E-state index in [2.05, 4.69) is 5.32 Å². The Balaban J connectivity index is 2.24. The average Bonchev–Trinajstić information content (AvgIpc) is 2.31. The van der Waals surface area contributed by atoms with Gasteiger partial charge in [0.1, 0.15) is 5.78 Å². The van der Waals surface area contributed by atoms with Crippen molar-refractivity contribution in [3.63, 3.8) is 0 Å². The second-order valence-electron chi connectivity index (χ2n) is 4.97. The maximum absolute atomic E-state index is 11.5. The number of hydrogen-bond donors (Lipinski definition) is 1. The van der Waals surface area contributed by atoms with Gasteiger partial charge in [-0.1, -0.05) is 38.5 Å². The van der Waals surface area contributed by atoms with Crippen LogP contribution in [0, 0.1) is 0 Å². The fraction of sp³-hybridized carbons (Fsp3) is 0.857. The first-order valence-corrected chi connectivity index (χ1v) is 7.07. The maximum atomic E-state index is 11.5. The van der Waals surface area contributed by atoms with Crippen molar-refractivity contribution in [3.8, 4) is 0 Å². The number of carbonyl (C=O) groups is 2. The number of ketones is 1. The number of amides is 1. The van der Waals surface area contributed by atoms with Crippen molar-refractivity contribution in [2.75, 3.05) is 6.54 Å². The Morgan fingerprint density at radius 2 is 1.18 bits per heavy atom. The number of Topliss-reactive ketones (excluding diaryl/α,β-unsaturated/α-hetero) is 1. The summed E-state index contributed by atoms with van der Waals surface area (Å²) < 4.78 is 0. The molecule has 1 saturated heterocycles. The van der Waals surface area contributed by atoms with Crippen LogP contribution in [0.1, 0.15) is 70.6 Å². The summed E-state index contributed by atoms with van der Waals surface area (Å²) in [6.45, 7) is 0.525. The average molecular weight is 239 g/mol. The second kappa shape index (κ2) is 9.20. The van der Waals surface area contributed by atoms with Crippen molar-refractivity contribution >= 4 is 11.7 Å². The first-order valence-electron chi connectivity index (χ1n) is 7.07. The molecule has 1 heterocycles. The highest BCUT2D eigenvalue weighted by atomic mass is 16.1. The third kappa shape index (κ3) is 7.94. The number of nitrogens with one attached hydrogen (secondary N) is 1. The van der Waals surface area contributed by atoms with Gasteiger partial charge in [0.25, 0.3) is 0 Å². The van der Waals surface area contributed by atoms with Gasteiger partial charge in [0.2, 0.25) is 5.91 Å². The Morgan fingerprint density at radius 3 is 1.82 bits per heavy atom. The lowest BCUT2D eigenvalue weighted by atomic mass is 10.1. The van der Waals surface area contributed by atoms with E-state index in [1.54, 1.807) is 0 Å². The van der Waals surface area contributed by atoms with E-state index >= 15 is 0 Å². The van der Waals surface area contributed by atoms with Gasteiger partial charge in [-0.25, -0.2) is 0 Å². The van der Waals surface area contributed by atoms with Crippen LogP contribution in [0.4, 0.5) is 0 Å². The van der Waals surface area contributed by atoms with Crippen molar-refractivity contribution < 1.29 is 9.59 Å². The van der Waals surface area contributed by atoms with E-state index in [0.717, 1.165) is 19.3 Å². The molecule has 3 heteroatoms. The van der Waals surface area contributed by atoms with Crippen LogP contribution in [0.3, 0.4) is 0 Å². The van der Waals surface area contributed by atoms with Crippen LogP contribution in [-0.4, -0.2) is 18.2 Å². The highest BCUT2D eigenvalue weighted by Gasteiger charge is 2.05. The summed E-state index contributed by atoms with van der Waals surface area (Å²) >= 11 is 0. The van der Waals surface area contributed by atoms with Crippen LogP contribution < -0.4 is 5.32 Å². The van der Waals surface area contributed by atoms with Crippen molar-refractivity contribution in [1.29, 1.82) is 0 Å². The molecule has 1 aliphatic heterocycles. The molecule has 0 bridgehead atoms. The zero-order valence-corrected chi connectivity index (χ0v) is 10.8. The minimum Gasteiger partial charge on any atom is -0.356 e. The van der Waals surface area contributed by atoms with Gasteiger partial charge in [0.05, 0.1) is 0 Å². The van der Waals surface area contributed by atoms with Gasteiger partial charge in [-0.2, -0.15) is 0 Å². The number of rotatable bonds is 0. The molecule has 1 N–H and O–H groups in total. The lowest BCUT2D eigenvalue weighted by Gasteiger charge is -2.04.